The Morgan fingerprint density at radius 1 is 1.42 bits per heavy atom. The molecule has 0 saturated carbocycles. The third kappa shape index (κ3) is 12.0. The number of aliphatic imine (C=N–C) groups is 1. The van der Waals surface area contributed by atoms with Crippen LogP contribution in [0.5, 0.6) is 0 Å². The second kappa shape index (κ2) is 11.9. The van der Waals surface area contributed by atoms with Gasteiger partial charge in [-0.15, -0.1) is 11.8 Å². The molecule has 0 radical (unpaired) electrons. The van der Waals surface area contributed by atoms with Crippen molar-refractivity contribution < 1.29 is 22.4 Å². The quantitative estimate of drug-likeness (QED) is 0.162. The first kappa shape index (κ1) is 22.5. The summed E-state index contributed by atoms with van der Waals surface area (Å²) in [6.45, 7) is 4.85. The Balaban J connectivity index is 4.18. The first-order chi connectivity index (χ1) is 11.2. The Kier molecular flexibility index (Phi) is 11.1. The van der Waals surface area contributed by atoms with Crippen LogP contribution >= 0.6 is 23.4 Å². The van der Waals surface area contributed by atoms with Crippen molar-refractivity contribution in [1.82, 2.24) is 5.32 Å². The molecule has 0 aromatic rings. The lowest BCUT2D eigenvalue weighted by Crippen LogP contribution is -2.24. The molecule has 0 fully saturated rings. The highest BCUT2D eigenvalue weighted by molar-refractivity contribution is 8.14. The Bertz CT molecular complexity index is 550. The van der Waals surface area contributed by atoms with Gasteiger partial charge in [-0.2, -0.15) is 13.2 Å². The van der Waals surface area contributed by atoms with Crippen LogP contribution in [0.2, 0.25) is 0 Å². The molecule has 24 heavy (non-hydrogen) atoms. The number of carbonyl (C=O) groups is 1. The number of hydrogen-bond donors (Lipinski definition) is 1. The average Bonchev–Trinajstić information content (AvgIpc) is 2.44. The molecule has 0 aliphatic carbocycles. The predicted molar refractivity (Wildman–Crippen MR) is 91.7 cm³/mol. The molecule has 1 N–H and O–H groups in total. The zero-order chi connectivity index (χ0) is 18.6. The number of carbonyl (C=O) groups excluding carboxylic acids is 1. The van der Waals surface area contributed by atoms with Crippen LogP contribution < -0.4 is 5.32 Å². The number of amides is 1. The van der Waals surface area contributed by atoms with Gasteiger partial charge in [0, 0.05) is 29.6 Å². The topological polar surface area (TPSA) is 41.5 Å². The molecule has 134 valence electrons. The number of rotatable bonds is 8. The van der Waals surface area contributed by atoms with Gasteiger partial charge in [-0.3, -0.25) is 4.79 Å². The standard InChI is InChI=1S/C15H17ClF4N2OS/c1-3-21-14(15(18,19)20)24-9-5-8-22-13(23)10-12(17)7-4-6-11(2)16/h3-4,6-7,10H,1,5,8-9H2,2H3,(H,22,23)/b7-4-,11-6+,12-10-,21-14-. The fraction of sp³-hybridized carbons (Fsp3) is 0.333. The number of halogens is 5. The summed E-state index contributed by atoms with van der Waals surface area (Å²) in [5, 5.41) is 1.83. The lowest BCUT2D eigenvalue weighted by Gasteiger charge is -2.09. The molecule has 0 saturated heterocycles. The smallest absolute Gasteiger partial charge is 0.352 e. The van der Waals surface area contributed by atoms with Crippen LogP contribution in [0.15, 0.2) is 52.9 Å². The van der Waals surface area contributed by atoms with Crippen LogP contribution in [0.1, 0.15) is 13.3 Å². The van der Waals surface area contributed by atoms with Crippen molar-refractivity contribution in [2.75, 3.05) is 12.3 Å². The summed E-state index contributed by atoms with van der Waals surface area (Å²) in [4.78, 5) is 14.5. The van der Waals surface area contributed by atoms with E-state index in [9.17, 15) is 22.4 Å². The van der Waals surface area contributed by atoms with E-state index < -0.39 is 23.0 Å². The summed E-state index contributed by atoms with van der Waals surface area (Å²) in [5.74, 6) is -1.35. The van der Waals surface area contributed by atoms with E-state index in [1.54, 1.807) is 6.92 Å². The van der Waals surface area contributed by atoms with E-state index in [0.717, 1.165) is 18.4 Å². The Morgan fingerprint density at radius 2 is 2.08 bits per heavy atom. The monoisotopic (exact) mass is 384 g/mol. The number of nitrogens with zero attached hydrogens (tertiary/aromatic N) is 1. The number of allylic oxidation sites excluding steroid dienone is 5. The number of alkyl halides is 3. The Labute approximate surface area is 147 Å². The van der Waals surface area contributed by atoms with E-state index in [2.05, 4.69) is 16.9 Å². The maximum absolute atomic E-state index is 13.3. The summed E-state index contributed by atoms with van der Waals surface area (Å²) in [7, 11) is 0. The van der Waals surface area contributed by atoms with E-state index >= 15 is 0 Å². The van der Waals surface area contributed by atoms with Crippen molar-refractivity contribution in [1.29, 1.82) is 0 Å². The second-order valence-corrected chi connectivity index (χ2v) is 5.93. The molecule has 0 unspecified atom stereocenters. The number of thioether (sulfide) groups is 1. The summed E-state index contributed by atoms with van der Waals surface area (Å²) in [5.41, 5.74) is 0. The average molecular weight is 385 g/mol. The third-order valence-electron chi connectivity index (χ3n) is 2.16. The van der Waals surface area contributed by atoms with Crippen molar-refractivity contribution in [3.63, 3.8) is 0 Å². The maximum Gasteiger partial charge on any atom is 0.439 e. The van der Waals surface area contributed by atoms with Crippen molar-refractivity contribution in [3.05, 3.63) is 47.9 Å². The third-order valence-corrected chi connectivity index (χ3v) is 3.39. The van der Waals surface area contributed by atoms with Gasteiger partial charge in [0.25, 0.3) is 0 Å². The molecule has 9 heteroatoms. The van der Waals surface area contributed by atoms with Gasteiger partial charge in [-0.1, -0.05) is 24.3 Å². The summed E-state index contributed by atoms with van der Waals surface area (Å²) < 4.78 is 50.8. The van der Waals surface area contributed by atoms with Gasteiger partial charge >= 0.3 is 6.18 Å². The van der Waals surface area contributed by atoms with E-state index in [-0.39, 0.29) is 18.7 Å². The molecule has 0 rings (SSSR count). The Hall–Kier alpha value is -1.54. The van der Waals surface area contributed by atoms with Crippen LogP contribution in [0, 0.1) is 0 Å². The van der Waals surface area contributed by atoms with Crippen LogP contribution in [0.25, 0.3) is 0 Å². The highest BCUT2D eigenvalue weighted by Gasteiger charge is 2.35. The van der Waals surface area contributed by atoms with Crippen molar-refractivity contribution >= 4 is 34.3 Å². The molecule has 0 aliphatic rings. The first-order valence-electron chi connectivity index (χ1n) is 6.71. The largest absolute Gasteiger partial charge is 0.439 e. The lowest BCUT2D eigenvalue weighted by molar-refractivity contribution is -0.116. The van der Waals surface area contributed by atoms with Gasteiger partial charge in [0.2, 0.25) is 5.91 Å². The highest BCUT2D eigenvalue weighted by atomic mass is 35.5. The fourth-order valence-corrected chi connectivity index (χ4v) is 2.09. The maximum atomic E-state index is 13.3. The zero-order valence-electron chi connectivity index (χ0n) is 12.9. The summed E-state index contributed by atoms with van der Waals surface area (Å²) >= 11 is 6.05. The van der Waals surface area contributed by atoms with Gasteiger partial charge < -0.3 is 5.32 Å². The highest BCUT2D eigenvalue weighted by Crippen LogP contribution is 2.25. The minimum absolute atomic E-state index is 0.0956. The molecule has 0 spiro atoms. The van der Waals surface area contributed by atoms with Gasteiger partial charge in [-0.25, -0.2) is 9.38 Å². The van der Waals surface area contributed by atoms with E-state index in [4.69, 9.17) is 11.6 Å². The van der Waals surface area contributed by atoms with Gasteiger partial charge in [0.1, 0.15) is 5.83 Å². The van der Waals surface area contributed by atoms with Gasteiger partial charge in [0.05, 0.1) is 0 Å². The van der Waals surface area contributed by atoms with E-state index in [1.807, 2.05) is 0 Å². The Morgan fingerprint density at radius 3 is 2.62 bits per heavy atom. The summed E-state index contributed by atoms with van der Waals surface area (Å²) in [6, 6.07) is 0. The first-order valence-corrected chi connectivity index (χ1v) is 8.07. The lowest BCUT2D eigenvalue weighted by atomic mass is 10.3. The minimum Gasteiger partial charge on any atom is -0.352 e. The molecule has 3 nitrogen and oxygen atoms in total. The number of hydrogen-bond acceptors (Lipinski definition) is 3. The normalized spacial score (nSPS) is 14.2. The molecular formula is C15H17ClF4N2OS. The second-order valence-electron chi connectivity index (χ2n) is 4.25. The molecule has 0 aromatic carbocycles. The van der Waals surface area contributed by atoms with Gasteiger partial charge in [0.15, 0.2) is 5.04 Å². The molecule has 1 amide bonds. The van der Waals surface area contributed by atoms with E-state index in [1.165, 1.54) is 12.2 Å². The van der Waals surface area contributed by atoms with E-state index in [0.29, 0.717) is 16.8 Å². The van der Waals surface area contributed by atoms with Crippen molar-refractivity contribution in [2.45, 2.75) is 19.5 Å². The molecule has 0 atom stereocenters. The van der Waals surface area contributed by atoms with Crippen LogP contribution in [0.4, 0.5) is 17.6 Å². The SMILES string of the molecule is C=C/N=C(\SCCCNC(=O)/C=C(F)/C=C\C=C(/C)Cl)C(F)(F)F. The van der Waals surface area contributed by atoms with Crippen molar-refractivity contribution in [2.24, 2.45) is 4.99 Å². The van der Waals surface area contributed by atoms with Crippen molar-refractivity contribution in [3.8, 4) is 0 Å². The molecule has 0 aliphatic heterocycles. The zero-order valence-corrected chi connectivity index (χ0v) is 14.4. The molecule has 0 heterocycles. The fourth-order valence-electron chi connectivity index (χ4n) is 1.22. The minimum atomic E-state index is -4.53. The van der Waals surface area contributed by atoms with Crippen LogP contribution in [-0.4, -0.2) is 29.4 Å². The van der Waals surface area contributed by atoms with Crippen LogP contribution in [0.3, 0.4) is 0 Å². The summed E-state index contributed by atoms with van der Waals surface area (Å²) in [6.07, 6.45) is 1.14. The number of nitrogens with one attached hydrogen (secondary N) is 1. The van der Waals surface area contributed by atoms with Gasteiger partial charge in [-0.05, 0) is 25.5 Å². The molecule has 0 aromatic heterocycles. The predicted octanol–water partition coefficient (Wildman–Crippen LogP) is 4.88. The van der Waals surface area contributed by atoms with Crippen LogP contribution in [-0.2, 0) is 4.79 Å². The molecule has 0 bridgehead atoms. The molecular weight excluding hydrogens is 368 g/mol.